The van der Waals surface area contributed by atoms with Crippen molar-refractivity contribution in [1.29, 1.82) is 0 Å². The molecular formula is C15H12ClN3O4. The minimum Gasteiger partial charge on any atom is -0.308 e. The summed E-state index contributed by atoms with van der Waals surface area (Å²) in [6.07, 6.45) is 0. The van der Waals surface area contributed by atoms with Gasteiger partial charge in [0.15, 0.2) is 0 Å². The highest BCUT2D eigenvalue weighted by molar-refractivity contribution is 6.30. The van der Waals surface area contributed by atoms with Crippen LogP contribution in [0.25, 0.3) is 0 Å². The molecule has 0 unspecified atom stereocenters. The van der Waals surface area contributed by atoms with E-state index in [0.29, 0.717) is 16.3 Å². The minimum absolute atomic E-state index is 0.149. The van der Waals surface area contributed by atoms with E-state index in [-0.39, 0.29) is 11.3 Å². The Kier molecular flexibility index (Phi) is 4.92. The predicted molar refractivity (Wildman–Crippen MR) is 85.8 cm³/mol. The second kappa shape index (κ2) is 6.89. The molecule has 0 saturated carbocycles. The maximum atomic E-state index is 12.1. The molecule has 2 aromatic carbocycles. The van der Waals surface area contributed by atoms with Gasteiger partial charge in [-0.1, -0.05) is 23.7 Å². The molecular weight excluding hydrogens is 322 g/mol. The van der Waals surface area contributed by atoms with Gasteiger partial charge in [-0.25, -0.2) is 4.79 Å². The fourth-order valence-corrected chi connectivity index (χ4v) is 2.09. The summed E-state index contributed by atoms with van der Waals surface area (Å²) < 4.78 is 0. The van der Waals surface area contributed by atoms with E-state index in [1.807, 2.05) is 0 Å². The third-order valence-corrected chi connectivity index (χ3v) is 3.26. The average Bonchev–Trinajstić information content (AvgIpc) is 2.49. The van der Waals surface area contributed by atoms with Crippen LogP contribution in [-0.2, 0) is 0 Å². The summed E-state index contributed by atoms with van der Waals surface area (Å²) in [6, 6.07) is 9.70. The van der Waals surface area contributed by atoms with E-state index in [9.17, 15) is 19.7 Å². The second-order valence-electron chi connectivity index (χ2n) is 4.64. The molecule has 2 N–H and O–H groups in total. The lowest BCUT2D eigenvalue weighted by Gasteiger charge is -2.09. The van der Waals surface area contributed by atoms with Crippen molar-refractivity contribution in [2.24, 2.45) is 0 Å². The van der Waals surface area contributed by atoms with Crippen LogP contribution in [0.3, 0.4) is 0 Å². The van der Waals surface area contributed by atoms with Gasteiger partial charge in [-0.3, -0.25) is 20.2 Å². The normalized spacial score (nSPS) is 10.0. The van der Waals surface area contributed by atoms with E-state index in [1.54, 1.807) is 37.3 Å². The van der Waals surface area contributed by atoms with E-state index in [0.717, 1.165) is 0 Å². The van der Waals surface area contributed by atoms with Crippen molar-refractivity contribution in [2.75, 3.05) is 5.32 Å². The molecule has 0 aliphatic rings. The number of rotatable bonds is 3. The number of nitro benzene ring substituents is 1. The number of nitro groups is 1. The number of carbonyl (C=O) groups excluding carboxylic acids is 2. The van der Waals surface area contributed by atoms with E-state index in [1.165, 1.54) is 12.1 Å². The number of hydrogen-bond donors (Lipinski definition) is 2. The molecule has 118 valence electrons. The molecule has 0 bridgehead atoms. The number of carbonyl (C=O) groups is 2. The molecule has 0 atom stereocenters. The van der Waals surface area contributed by atoms with Crippen LogP contribution in [-0.4, -0.2) is 16.9 Å². The molecule has 0 aliphatic carbocycles. The molecule has 2 aromatic rings. The van der Waals surface area contributed by atoms with Gasteiger partial charge in [-0.05, 0) is 36.8 Å². The second-order valence-corrected chi connectivity index (χ2v) is 5.08. The zero-order chi connectivity index (χ0) is 17.0. The van der Waals surface area contributed by atoms with E-state index in [4.69, 9.17) is 11.6 Å². The number of benzene rings is 2. The zero-order valence-electron chi connectivity index (χ0n) is 12.0. The lowest BCUT2D eigenvalue weighted by Crippen LogP contribution is -2.35. The Morgan fingerprint density at radius 2 is 1.78 bits per heavy atom. The molecule has 0 radical (unpaired) electrons. The number of urea groups is 1. The number of anilines is 1. The molecule has 23 heavy (non-hydrogen) atoms. The van der Waals surface area contributed by atoms with Gasteiger partial charge >= 0.3 is 6.03 Å². The first-order valence-electron chi connectivity index (χ1n) is 6.50. The van der Waals surface area contributed by atoms with Crippen LogP contribution in [0.2, 0.25) is 5.02 Å². The molecule has 7 nitrogen and oxygen atoms in total. The summed E-state index contributed by atoms with van der Waals surface area (Å²) in [6.45, 7) is 1.55. The van der Waals surface area contributed by atoms with E-state index >= 15 is 0 Å². The molecule has 0 aliphatic heterocycles. The van der Waals surface area contributed by atoms with Gasteiger partial charge in [-0.2, -0.15) is 0 Å². The lowest BCUT2D eigenvalue weighted by atomic mass is 10.1. The summed E-state index contributed by atoms with van der Waals surface area (Å²) in [5.41, 5.74) is 0.320. The lowest BCUT2D eigenvalue weighted by molar-refractivity contribution is -0.385. The van der Waals surface area contributed by atoms with Crippen LogP contribution >= 0.6 is 11.6 Å². The summed E-state index contributed by atoms with van der Waals surface area (Å²) in [5, 5.41) is 16.0. The highest BCUT2D eigenvalue weighted by Gasteiger charge is 2.23. The molecule has 0 heterocycles. The van der Waals surface area contributed by atoms with Crippen molar-refractivity contribution < 1.29 is 14.5 Å². The third kappa shape index (κ3) is 4.04. The fraction of sp³-hybridized carbons (Fsp3) is 0.0667. The molecule has 0 saturated heterocycles. The monoisotopic (exact) mass is 333 g/mol. The van der Waals surface area contributed by atoms with Gasteiger partial charge in [-0.15, -0.1) is 0 Å². The van der Waals surface area contributed by atoms with Gasteiger partial charge in [0.1, 0.15) is 5.56 Å². The Hall–Kier alpha value is -2.93. The quantitative estimate of drug-likeness (QED) is 0.662. The van der Waals surface area contributed by atoms with Gasteiger partial charge < -0.3 is 5.32 Å². The maximum absolute atomic E-state index is 12.1. The van der Waals surface area contributed by atoms with Crippen molar-refractivity contribution in [3.05, 3.63) is 68.7 Å². The number of imide groups is 1. The number of nitrogens with zero attached hydrogens (tertiary/aromatic N) is 1. The molecule has 8 heteroatoms. The number of amides is 3. The van der Waals surface area contributed by atoms with Gasteiger partial charge in [0.05, 0.1) is 4.92 Å². The average molecular weight is 334 g/mol. The predicted octanol–water partition coefficient (Wildman–Crippen LogP) is 3.52. The first kappa shape index (κ1) is 16.4. The molecule has 0 spiro atoms. The largest absolute Gasteiger partial charge is 0.326 e. The first-order chi connectivity index (χ1) is 10.9. The zero-order valence-corrected chi connectivity index (χ0v) is 12.8. The van der Waals surface area contributed by atoms with Gasteiger partial charge in [0.25, 0.3) is 11.6 Å². The van der Waals surface area contributed by atoms with Gasteiger partial charge in [0.2, 0.25) is 0 Å². The van der Waals surface area contributed by atoms with Crippen LogP contribution < -0.4 is 10.6 Å². The van der Waals surface area contributed by atoms with Crippen LogP contribution in [0, 0.1) is 17.0 Å². The summed E-state index contributed by atoms with van der Waals surface area (Å²) >= 11 is 5.73. The Morgan fingerprint density at radius 1 is 1.13 bits per heavy atom. The van der Waals surface area contributed by atoms with Crippen LogP contribution in [0.5, 0.6) is 0 Å². The number of hydrogen-bond acceptors (Lipinski definition) is 4. The van der Waals surface area contributed by atoms with Crippen molar-refractivity contribution in [1.82, 2.24) is 5.32 Å². The molecule has 0 aromatic heterocycles. The fourth-order valence-electron chi connectivity index (χ4n) is 1.96. The highest BCUT2D eigenvalue weighted by Crippen LogP contribution is 2.21. The topological polar surface area (TPSA) is 101 Å². The summed E-state index contributed by atoms with van der Waals surface area (Å²) in [7, 11) is 0. The molecule has 0 fully saturated rings. The Bertz CT molecular complexity index is 775. The number of nitrogens with one attached hydrogen (secondary N) is 2. The van der Waals surface area contributed by atoms with Crippen LogP contribution in [0.4, 0.5) is 16.2 Å². The SMILES string of the molecule is Cc1cccc([N+](=O)[O-])c1C(=O)NC(=O)Nc1ccc(Cl)cc1. The van der Waals surface area contributed by atoms with Crippen molar-refractivity contribution in [2.45, 2.75) is 6.92 Å². The summed E-state index contributed by atoms with van der Waals surface area (Å²) in [4.78, 5) is 34.3. The first-order valence-corrected chi connectivity index (χ1v) is 6.88. The third-order valence-electron chi connectivity index (χ3n) is 3.00. The molecule has 3 amide bonds. The Labute approximate surface area is 136 Å². The minimum atomic E-state index is -0.846. The van der Waals surface area contributed by atoms with Crippen LogP contribution in [0.15, 0.2) is 42.5 Å². The van der Waals surface area contributed by atoms with E-state index < -0.39 is 16.9 Å². The Morgan fingerprint density at radius 3 is 2.39 bits per heavy atom. The van der Waals surface area contributed by atoms with E-state index in [2.05, 4.69) is 10.6 Å². The van der Waals surface area contributed by atoms with Gasteiger partial charge in [0, 0.05) is 16.8 Å². The highest BCUT2D eigenvalue weighted by atomic mass is 35.5. The van der Waals surface area contributed by atoms with Crippen LogP contribution in [0.1, 0.15) is 15.9 Å². The molecule has 2 rings (SSSR count). The van der Waals surface area contributed by atoms with Crippen molar-refractivity contribution in [3.8, 4) is 0 Å². The number of halogens is 1. The standard InChI is InChI=1S/C15H12ClN3O4/c1-9-3-2-4-12(19(22)23)13(9)14(20)18-15(21)17-11-7-5-10(16)6-8-11/h2-8H,1H3,(H2,17,18,20,21). The van der Waals surface area contributed by atoms with Crippen molar-refractivity contribution >= 4 is 34.9 Å². The Balaban J connectivity index is 2.14. The maximum Gasteiger partial charge on any atom is 0.326 e. The number of aryl methyl sites for hydroxylation is 1. The smallest absolute Gasteiger partial charge is 0.308 e. The van der Waals surface area contributed by atoms with Crippen molar-refractivity contribution in [3.63, 3.8) is 0 Å². The summed E-state index contributed by atoms with van der Waals surface area (Å²) in [5.74, 6) is -0.846.